The molecule has 0 saturated carbocycles. The van der Waals surface area contributed by atoms with Crippen molar-refractivity contribution < 1.29 is 9.59 Å². The predicted molar refractivity (Wildman–Crippen MR) is 80.1 cm³/mol. The molecule has 0 bridgehead atoms. The molecule has 1 fully saturated rings. The largest absolute Gasteiger partial charge is 0.356 e. The fourth-order valence-electron chi connectivity index (χ4n) is 2.51. The predicted octanol–water partition coefficient (Wildman–Crippen LogP) is 1.27. The van der Waals surface area contributed by atoms with Crippen LogP contribution in [0.5, 0.6) is 0 Å². The van der Waals surface area contributed by atoms with Gasteiger partial charge in [-0.3, -0.25) is 9.59 Å². The van der Waals surface area contributed by atoms with Crippen LogP contribution in [0.2, 0.25) is 0 Å². The van der Waals surface area contributed by atoms with E-state index in [2.05, 4.69) is 12.2 Å². The second-order valence-electron chi connectivity index (χ2n) is 5.76. The lowest BCUT2D eigenvalue weighted by atomic mass is 10.0. The minimum absolute atomic E-state index is 0.0420. The number of hydrogen-bond donors (Lipinski definition) is 2. The first-order valence-electron chi connectivity index (χ1n) is 7.88. The number of carbonyl (C=O) groups is 2. The third-order valence-corrected chi connectivity index (χ3v) is 3.89. The van der Waals surface area contributed by atoms with E-state index >= 15 is 0 Å². The molecule has 2 amide bonds. The molecule has 0 aliphatic carbocycles. The van der Waals surface area contributed by atoms with E-state index in [0.717, 1.165) is 38.8 Å². The smallest absolute Gasteiger partial charge is 0.224 e. The Kier molecular flexibility index (Phi) is 8.26. The number of nitrogens with two attached hydrogens (primary N) is 1. The molecular formula is C15H29N3O2. The van der Waals surface area contributed by atoms with Gasteiger partial charge in [0.25, 0.3) is 0 Å². The van der Waals surface area contributed by atoms with E-state index in [9.17, 15) is 9.59 Å². The molecule has 1 aliphatic heterocycles. The number of hydrogen-bond acceptors (Lipinski definition) is 3. The van der Waals surface area contributed by atoms with Crippen molar-refractivity contribution in [2.24, 2.45) is 11.7 Å². The molecule has 1 aliphatic rings. The molecule has 5 heteroatoms. The first-order chi connectivity index (χ1) is 9.63. The van der Waals surface area contributed by atoms with Crippen LogP contribution in [0.4, 0.5) is 0 Å². The van der Waals surface area contributed by atoms with Gasteiger partial charge in [-0.25, -0.2) is 0 Å². The summed E-state index contributed by atoms with van der Waals surface area (Å²) in [6, 6.07) is 0. The van der Waals surface area contributed by atoms with Crippen molar-refractivity contribution >= 4 is 11.8 Å². The molecule has 3 N–H and O–H groups in total. The summed E-state index contributed by atoms with van der Waals surface area (Å²) in [6.45, 7) is 5.00. The van der Waals surface area contributed by atoms with E-state index in [1.807, 2.05) is 4.90 Å². The highest BCUT2D eigenvalue weighted by Crippen LogP contribution is 2.10. The van der Waals surface area contributed by atoms with Crippen LogP contribution in [0.3, 0.4) is 0 Å². The SMILES string of the molecule is CC(CCN)CCC(=O)NCCC(=O)N1CCCCC1. The van der Waals surface area contributed by atoms with E-state index in [1.54, 1.807) is 0 Å². The molecule has 0 radical (unpaired) electrons. The minimum Gasteiger partial charge on any atom is -0.356 e. The van der Waals surface area contributed by atoms with E-state index in [1.165, 1.54) is 6.42 Å². The summed E-state index contributed by atoms with van der Waals surface area (Å²) < 4.78 is 0. The van der Waals surface area contributed by atoms with Gasteiger partial charge in [0.2, 0.25) is 11.8 Å². The average molecular weight is 283 g/mol. The van der Waals surface area contributed by atoms with E-state index in [4.69, 9.17) is 5.73 Å². The molecule has 1 heterocycles. The number of rotatable bonds is 8. The van der Waals surface area contributed by atoms with Gasteiger partial charge in [-0.2, -0.15) is 0 Å². The molecule has 0 spiro atoms. The molecule has 20 heavy (non-hydrogen) atoms. The van der Waals surface area contributed by atoms with Crippen molar-refractivity contribution in [3.63, 3.8) is 0 Å². The zero-order chi connectivity index (χ0) is 14.8. The first-order valence-corrected chi connectivity index (χ1v) is 7.88. The van der Waals surface area contributed by atoms with Gasteiger partial charge in [0.15, 0.2) is 0 Å². The maximum Gasteiger partial charge on any atom is 0.224 e. The third kappa shape index (κ3) is 6.89. The van der Waals surface area contributed by atoms with Gasteiger partial charge in [-0.15, -0.1) is 0 Å². The number of likely N-dealkylation sites (tertiary alicyclic amines) is 1. The molecule has 0 aromatic heterocycles. The summed E-state index contributed by atoms with van der Waals surface area (Å²) in [4.78, 5) is 25.4. The van der Waals surface area contributed by atoms with Crippen LogP contribution >= 0.6 is 0 Å². The van der Waals surface area contributed by atoms with Crippen LogP contribution < -0.4 is 11.1 Å². The molecule has 1 rings (SSSR count). The molecule has 1 unspecified atom stereocenters. The van der Waals surface area contributed by atoms with Crippen molar-refractivity contribution in [2.75, 3.05) is 26.2 Å². The van der Waals surface area contributed by atoms with Gasteiger partial charge in [-0.1, -0.05) is 6.92 Å². The molecular weight excluding hydrogens is 254 g/mol. The van der Waals surface area contributed by atoms with Crippen molar-refractivity contribution in [2.45, 2.75) is 51.9 Å². The van der Waals surface area contributed by atoms with Gasteiger partial charge in [-0.05, 0) is 44.6 Å². The zero-order valence-electron chi connectivity index (χ0n) is 12.7. The summed E-state index contributed by atoms with van der Waals surface area (Å²) in [5.41, 5.74) is 5.48. The van der Waals surface area contributed by atoms with E-state index in [-0.39, 0.29) is 11.8 Å². The maximum absolute atomic E-state index is 11.9. The Morgan fingerprint density at radius 2 is 1.85 bits per heavy atom. The second kappa shape index (κ2) is 9.75. The number of nitrogens with zero attached hydrogens (tertiary/aromatic N) is 1. The fraction of sp³-hybridized carbons (Fsp3) is 0.867. The van der Waals surface area contributed by atoms with Crippen LogP contribution in [0.25, 0.3) is 0 Å². The Bertz CT molecular complexity index is 301. The lowest BCUT2D eigenvalue weighted by molar-refractivity contribution is -0.132. The molecule has 1 atom stereocenters. The minimum atomic E-state index is 0.0420. The molecule has 0 aromatic rings. The Morgan fingerprint density at radius 3 is 2.50 bits per heavy atom. The zero-order valence-corrected chi connectivity index (χ0v) is 12.7. The highest BCUT2D eigenvalue weighted by atomic mass is 16.2. The standard InChI is InChI=1S/C15H29N3O2/c1-13(7-9-16)5-6-14(19)17-10-8-15(20)18-11-3-2-4-12-18/h13H,2-12,16H2,1H3,(H,17,19). The van der Waals surface area contributed by atoms with Crippen LogP contribution in [-0.2, 0) is 9.59 Å². The Labute approximate surface area is 122 Å². The van der Waals surface area contributed by atoms with Crippen molar-refractivity contribution in [3.8, 4) is 0 Å². The lowest BCUT2D eigenvalue weighted by Crippen LogP contribution is -2.37. The summed E-state index contributed by atoms with van der Waals surface area (Å²) in [5.74, 6) is 0.697. The molecule has 116 valence electrons. The lowest BCUT2D eigenvalue weighted by Gasteiger charge is -2.26. The normalized spacial score (nSPS) is 16.8. The van der Waals surface area contributed by atoms with Crippen LogP contribution in [0.15, 0.2) is 0 Å². The number of piperidine rings is 1. The Hall–Kier alpha value is -1.10. The summed E-state index contributed by atoms with van der Waals surface area (Å²) in [6.07, 6.45) is 6.21. The quantitative estimate of drug-likeness (QED) is 0.704. The Balaban J connectivity index is 2.07. The van der Waals surface area contributed by atoms with Crippen LogP contribution in [-0.4, -0.2) is 42.9 Å². The number of amides is 2. The molecule has 1 saturated heterocycles. The van der Waals surface area contributed by atoms with Crippen LogP contribution in [0, 0.1) is 5.92 Å². The molecule has 0 aromatic carbocycles. The van der Waals surface area contributed by atoms with Crippen molar-refractivity contribution in [1.82, 2.24) is 10.2 Å². The number of carbonyl (C=O) groups excluding carboxylic acids is 2. The average Bonchev–Trinajstić information content (AvgIpc) is 2.46. The van der Waals surface area contributed by atoms with E-state index in [0.29, 0.717) is 31.8 Å². The highest BCUT2D eigenvalue weighted by molar-refractivity contribution is 5.79. The summed E-state index contributed by atoms with van der Waals surface area (Å²) in [5, 5.41) is 2.83. The summed E-state index contributed by atoms with van der Waals surface area (Å²) in [7, 11) is 0. The second-order valence-corrected chi connectivity index (χ2v) is 5.76. The van der Waals surface area contributed by atoms with Gasteiger partial charge < -0.3 is 16.0 Å². The number of nitrogens with one attached hydrogen (secondary N) is 1. The Morgan fingerprint density at radius 1 is 1.15 bits per heavy atom. The molecule has 5 nitrogen and oxygen atoms in total. The summed E-state index contributed by atoms with van der Waals surface area (Å²) >= 11 is 0. The van der Waals surface area contributed by atoms with E-state index < -0.39 is 0 Å². The highest BCUT2D eigenvalue weighted by Gasteiger charge is 2.16. The van der Waals surface area contributed by atoms with Gasteiger partial charge in [0.05, 0.1) is 0 Å². The van der Waals surface area contributed by atoms with Crippen molar-refractivity contribution in [1.29, 1.82) is 0 Å². The fourth-order valence-corrected chi connectivity index (χ4v) is 2.51. The maximum atomic E-state index is 11.9. The van der Waals surface area contributed by atoms with Gasteiger partial charge in [0.1, 0.15) is 0 Å². The first kappa shape index (κ1) is 17.0. The third-order valence-electron chi connectivity index (χ3n) is 3.89. The van der Waals surface area contributed by atoms with Gasteiger partial charge in [0, 0.05) is 32.5 Å². The van der Waals surface area contributed by atoms with Crippen LogP contribution in [0.1, 0.15) is 51.9 Å². The van der Waals surface area contributed by atoms with Gasteiger partial charge >= 0.3 is 0 Å². The van der Waals surface area contributed by atoms with Crippen molar-refractivity contribution in [3.05, 3.63) is 0 Å². The monoisotopic (exact) mass is 283 g/mol. The topological polar surface area (TPSA) is 75.4 Å².